The Morgan fingerprint density at radius 1 is 1.19 bits per heavy atom. The lowest BCUT2D eigenvalue weighted by Crippen LogP contribution is -2.26. The van der Waals surface area contributed by atoms with Crippen LogP contribution in [0.2, 0.25) is 0 Å². The van der Waals surface area contributed by atoms with Gasteiger partial charge in [-0.15, -0.1) is 0 Å². The summed E-state index contributed by atoms with van der Waals surface area (Å²) < 4.78 is 10.4. The van der Waals surface area contributed by atoms with Crippen LogP contribution in [-0.2, 0) is 11.2 Å². The molecule has 1 heterocycles. The van der Waals surface area contributed by atoms with Gasteiger partial charge >= 0.3 is 0 Å². The summed E-state index contributed by atoms with van der Waals surface area (Å²) >= 11 is 0. The Morgan fingerprint density at radius 3 is 2.77 bits per heavy atom. The van der Waals surface area contributed by atoms with Crippen LogP contribution in [0, 0.1) is 0 Å². The number of hydrogen-bond donors (Lipinski definition) is 1. The van der Waals surface area contributed by atoms with Crippen LogP contribution in [-0.4, -0.2) is 23.2 Å². The summed E-state index contributed by atoms with van der Waals surface area (Å²) in [6.07, 6.45) is 0.682. The maximum Gasteiger partial charge on any atom is 0.227 e. The van der Waals surface area contributed by atoms with Crippen LogP contribution in [0.4, 0.5) is 0 Å². The van der Waals surface area contributed by atoms with Crippen molar-refractivity contribution in [2.24, 2.45) is 0 Å². The quantitative estimate of drug-likeness (QED) is 0.704. The van der Waals surface area contributed by atoms with Crippen molar-refractivity contribution in [3.8, 4) is 17.1 Å². The Labute approximate surface area is 152 Å². The summed E-state index contributed by atoms with van der Waals surface area (Å²) in [5.41, 5.74) is 1.88. The molecule has 3 rings (SSSR count). The van der Waals surface area contributed by atoms with Crippen molar-refractivity contribution in [3.63, 3.8) is 0 Å². The molecule has 1 atom stereocenters. The van der Waals surface area contributed by atoms with Crippen LogP contribution in [0.15, 0.2) is 59.1 Å². The number of amides is 1. The second-order valence-corrected chi connectivity index (χ2v) is 5.94. The fourth-order valence-corrected chi connectivity index (χ4v) is 2.59. The molecular formula is C20H21N3O3. The van der Waals surface area contributed by atoms with Crippen molar-refractivity contribution < 1.29 is 14.1 Å². The van der Waals surface area contributed by atoms with Gasteiger partial charge in [0.15, 0.2) is 0 Å². The lowest BCUT2D eigenvalue weighted by atomic mass is 10.1. The number of nitrogens with zero attached hydrogens (tertiary/aromatic N) is 2. The molecule has 0 spiro atoms. The van der Waals surface area contributed by atoms with Crippen molar-refractivity contribution in [3.05, 3.63) is 66.1 Å². The van der Waals surface area contributed by atoms with Gasteiger partial charge in [0.05, 0.1) is 13.2 Å². The van der Waals surface area contributed by atoms with Gasteiger partial charge in [-0.25, -0.2) is 0 Å². The average molecular weight is 351 g/mol. The largest absolute Gasteiger partial charge is 0.497 e. The lowest BCUT2D eigenvalue weighted by Gasteiger charge is -2.13. The van der Waals surface area contributed by atoms with Gasteiger partial charge in [-0.2, -0.15) is 4.98 Å². The molecule has 0 bridgehead atoms. The number of ether oxygens (including phenoxy) is 1. The summed E-state index contributed by atoms with van der Waals surface area (Å²) in [5, 5.41) is 6.95. The molecule has 1 aromatic heterocycles. The number of benzene rings is 2. The second-order valence-electron chi connectivity index (χ2n) is 5.94. The molecule has 6 heteroatoms. The van der Waals surface area contributed by atoms with Crippen LogP contribution < -0.4 is 10.1 Å². The van der Waals surface area contributed by atoms with Crippen LogP contribution >= 0.6 is 0 Å². The summed E-state index contributed by atoms with van der Waals surface area (Å²) in [6, 6.07) is 17.2. The molecule has 1 N–H and O–H groups in total. The van der Waals surface area contributed by atoms with E-state index in [1.54, 1.807) is 7.11 Å². The van der Waals surface area contributed by atoms with Crippen molar-refractivity contribution in [1.29, 1.82) is 0 Å². The fraction of sp³-hybridized carbons (Fsp3) is 0.250. The maximum absolute atomic E-state index is 12.1. The van der Waals surface area contributed by atoms with Gasteiger partial charge in [0.25, 0.3) is 0 Å². The van der Waals surface area contributed by atoms with E-state index in [9.17, 15) is 4.79 Å². The molecule has 26 heavy (non-hydrogen) atoms. The standard InChI is InChI=1S/C20H21N3O3/c1-14(15-7-4-3-5-8-15)21-18(24)11-12-19-22-20(23-26-19)16-9-6-10-17(13-16)25-2/h3-10,13-14H,11-12H2,1-2H3,(H,21,24)/t14-/m0/s1. The topological polar surface area (TPSA) is 77.2 Å². The number of carbonyl (C=O) groups excluding carboxylic acids is 1. The molecule has 0 aliphatic heterocycles. The monoisotopic (exact) mass is 351 g/mol. The Balaban J connectivity index is 1.55. The molecule has 0 unspecified atom stereocenters. The van der Waals surface area contributed by atoms with E-state index in [1.165, 1.54) is 0 Å². The maximum atomic E-state index is 12.1. The zero-order chi connectivity index (χ0) is 18.4. The zero-order valence-corrected chi connectivity index (χ0v) is 14.8. The van der Waals surface area contributed by atoms with Gasteiger partial charge in [-0.05, 0) is 24.6 Å². The van der Waals surface area contributed by atoms with Gasteiger partial charge in [0.1, 0.15) is 5.75 Å². The molecule has 0 saturated heterocycles. The number of nitrogens with one attached hydrogen (secondary N) is 1. The average Bonchev–Trinajstić information content (AvgIpc) is 3.16. The van der Waals surface area contributed by atoms with Crippen LogP contribution in [0.25, 0.3) is 11.4 Å². The van der Waals surface area contributed by atoms with E-state index in [4.69, 9.17) is 9.26 Å². The first-order chi connectivity index (χ1) is 12.7. The van der Waals surface area contributed by atoms with E-state index < -0.39 is 0 Å². The molecular weight excluding hydrogens is 330 g/mol. The van der Waals surface area contributed by atoms with Gasteiger partial charge in [-0.1, -0.05) is 47.6 Å². The molecule has 0 aliphatic carbocycles. The highest BCUT2D eigenvalue weighted by Gasteiger charge is 2.13. The van der Waals surface area contributed by atoms with Crippen molar-refractivity contribution in [2.45, 2.75) is 25.8 Å². The third-order valence-electron chi connectivity index (χ3n) is 4.04. The molecule has 3 aromatic rings. The number of rotatable bonds is 7. The zero-order valence-electron chi connectivity index (χ0n) is 14.8. The number of methoxy groups -OCH3 is 1. The van der Waals surface area contributed by atoms with E-state index in [-0.39, 0.29) is 18.4 Å². The highest BCUT2D eigenvalue weighted by atomic mass is 16.5. The summed E-state index contributed by atoms with van der Waals surface area (Å²) in [5.74, 6) is 1.59. The molecule has 0 aliphatic rings. The molecule has 0 fully saturated rings. The highest BCUT2D eigenvalue weighted by Crippen LogP contribution is 2.21. The van der Waals surface area contributed by atoms with Gasteiger partial charge in [-0.3, -0.25) is 4.79 Å². The van der Waals surface area contributed by atoms with Crippen molar-refractivity contribution in [1.82, 2.24) is 15.5 Å². The van der Waals surface area contributed by atoms with Gasteiger partial charge in [0.2, 0.25) is 17.6 Å². The second kappa shape index (κ2) is 8.29. The molecule has 1 amide bonds. The van der Waals surface area contributed by atoms with E-state index in [0.717, 1.165) is 16.9 Å². The van der Waals surface area contributed by atoms with E-state index >= 15 is 0 Å². The van der Waals surface area contributed by atoms with Crippen LogP contribution in [0.5, 0.6) is 5.75 Å². The first kappa shape index (κ1) is 17.7. The minimum absolute atomic E-state index is 0.0428. The first-order valence-corrected chi connectivity index (χ1v) is 8.47. The van der Waals surface area contributed by atoms with E-state index in [1.807, 2.05) is 61.5 Å². The normalized spacial score (nSPS) is 11.8. The van der Waals surface area contributed by atoms with Crippen molar-refractivity contribution >= 4 is 5.91 Å². The third kappa shape index (κ3) is 4.47. The predicted molar refractivity (Wildman–Crippen MR) is 97.6 cm³/mol. The van der Waals surface area contributed by atoms with Crippen molar-refractivity contribution in [2.75, 3.05) is 7.11 Å². The smallest absolute Gasteiger partial charge is 0.227 e. The minimum Gasteiger partial charge on any atom is -0.497 e. The minimum atomic E-state index is -0.0533. The SMILES string of the molecule is COc1cccc(-c2noc(CCC(=O)N[C@@H](C)c3ccccc3)n2)c1. The Hall–Kier alpha value is -3.15. The number of aryl methyl sites for hydroxylation is 1. The van der Waals surface area contributed by atoms with Crippen LogP contribution in [0.1, 0.15) is 30.8 Å². The van der Waals surface area contributed by atoms with E-state index in [0.29, 0.717) is 18.1 Å². The van der Waals surface area contributed by atoms with Crippen LogP contribution in [0.3, 0.4) is 0 Å². The summed E-state index contributed by atoms with van der Waals surface area (Å²) in [7, 11) is 1.61. The molecule has 2 aromatic carbocycles. The molecule has 134 valence electrons. The van der Waals surface area contributed by atoms with Gasteiger partial charge in [0, 0.05) is 18.4 Å². The Bertz CT molecular complexity index is 862. The Kier molecular flexibility index (Phi) is 5.63. The highest BCUT2D eigenvalue weighted by molar-refractivity contribution is 5.76. The summed E-state index contributed by atoms with van der Waals surface area (Å²) in [4.78, 5) is 16.5. The predicted octanol–water partition coefficient (Wildman–Crippen LogP) is 3.56. The third-order valence-corrected chi connectivity index (χ3v) is 4.04. The molecule has 0 radical (unpaired) electrons. The summed E-state index contributed by atoms with van der Waals surface area (Å²) in [6.45, 7) is 1.96. The molecule has 0 saturated carbocycles. The Morgan fingerprint density at radius 2 is 2.00 bits per heavy atom. The molecule has 6 nitrogen and oxygen atoms in total. The number of aromatic nitrogens is 2. The van der Waals surface area contributed by atoms with Gasteiger partial charge < -0.3 is 14.6 Å². The number of hydrogen-bond acceptors (Lipinski definition) is 5. The number of carbonyl (C=O) groups is 1. The fourth-order valence-electron chi connectivity index (χ4n) is 2.59. The first-order valence-electron chi connectivity index (χ1n) is 8.47. The lowest BCUT2D eigenvalue weighted by molar-refractivity contribution is -0.121. The van der Waals surface area contributed by atoms with E-state index in [2.05, 4.69) is 15.5 Å².